The molecule has 0 amide bonds. The Kier molecular flexibility index (Phi) is 2.15. The van der Waals surface area contributed by atoms with Crippen LogP contribution in [0, 0.1) is 0 Å². The Morgan fingerprint density at radius 1 is 1.18 bits per heavy atom. The predicted octanol–water partition coefficient (Wildman–Crippen LogP) is 0.871. The molecule has 0 fully saturated rings. The zero-order chi connectivity index (χ0) is 8.27. The summed E-state index contributed by atoms with van der Waals surface area (Å²) in [7, 11) is 0. The Labute approximate surface area is 63.4 Å². The van der Waals surface area contributed by atoms with E-state index in [1.807, 2.05) is 11.0 Å². The molecule has 0 heterocycles. The van der Waals surface area contributed by atoms with Crippen LogP contribution in [0.4, 0.5) is 17.1 Å². The summed E-state index contributed by atoms with van der Waals surface area (Å²) in [6, 6.07) is 4.60. The van der Waals surface area contributed by atoms with Gasteiger partial charge in [-0.3, -0.25) is 21.4 Å². The van der Waals surface area contributed by atoms with Crippen molar-refractivity contribution in [1.29, 1.82) is 0 Å². The van der Waals surface area contributed by atoms with Crippen molar-refractivity contribution in [2.24, 2.45) is 0 Å². The monoisotopic (exact) mass is 155 g/mol. The summed E-state index contributed by atoms with van der Waals surface area (Å²) >= 11 is 0. The number of hydrogen-bond donors (Lipinski definition) is 5. The van der Waals surface area contributed by atoms with E-state index in [2.05, 4.69) is 0 Å². The van der Waals surface area contributed by atoms with Gasteiger partial charge < -0.3 is 5.73 Å². The third-order valence-electron chi connectivity index (χ3n) is 1.30. The van der Waals surface area contributed by atoms with Crippen molar-refractivity contribution >= 4 is 17.1 Å². The molecule has 0 unspecified atom stereocenters. The molecule has 5 nitrogen and oxygen atoms in total. The molecule has 0 aromatic heterocycles. The van der Waals surface area contributed by atoms with Gasteiger partial charge in [-0.05, 0) is 18.2 Å². The minimum absolute atomic E-state index is 0.351. The normalized spacial score (nSPS) is 9.27. The van der Waals surface area contributed by atoms with Crippen LogP contribution in [0.5, 0.6) is 0 Å². The SMILES string of the molecule is Nc1ccc(NO)cc1NO. The standard InChI is InChI=1S/C6H9N3O2/c7-5-2-1-4(8-10)3-6(5)9-11/h1-3,8-11H,7H2. The predicted molar refractivity (Wildman–Crippen MR) is 41.7 cm³/mol. The van der Waals surface area contributed by atoms with Crippen LogP contribution in [0.3, 0.4) is 0 Å². The van der Waals surface area contributed by atoms with Gasteiger partial charge in [0.2, 0.25) is 0 Å². The Morgan fingerprint density at radius 2 is 1.91 bits per heavy atom. The Morgan fingerprint density at radius 3 is 2.45 bits per heavy atom. The van der Waals surface area contributed by atoms with E-state index in [-0.39, 0.29) is 0 Å². The van der Waals surface area contributed by atoms with Gasteiger partial charge in [0.05, 0.1) is 17.1 Å². The maximum Gasteiger partial charge on any atom is 0.0852 e. The number of nitrogens with one attached hydrogen (secondary N) is 2. The molecule has 60 valence electrons. The van der Waals surface area contributed by atoms with Gasteiger partial charge in [0.1, 0.15) is 0 Å². The van der Waals surface area contributed by atoms with E-state index in [0.29, 0.717) is 17.1 Å². The third-order valence-corrected chi connectivity index (χ3v) is 1.30. The van der Waals surface area contributed by atoms with Crippen molar-refractivity contribution in [3.63, 3.8) is 0 Å². The van der Waals surface area contributed by atoms with Crippen molar-refractivity contribution in [2.45, 2.75) is 0 Å². The van der Waals surface area contributed by atoms with Crippen LogP contribution in [0.2, 0.25) is 0 Å². The summed E-state index contributed by atoms with van der Waals surface area (Å²) in [6.45, 7) is 0. The van der Waals surface area contributed by atoms with Crippen molar-refractivity contribution in [1.82, 2.24) is 0 Å². The highest BCUT2D eigenvalue weighted by Gasteiger charge is 1.97. The van der Waals surface area contributed by atoms with E-state index in [1.165, 1.54) is 6.07 Å². The second-order valence-electron chi connectivity index (χ2n) is 2.03. The van der Waals surface area contributed by atoms with Crippen molar-refractivity contribution in [2.75, 3.05) is 16.7 Å². The molecular formula is C6H9N3O2. The van der Waals surface area contributed by atoms with E-state index in [4.69, 9.17) is 16.1 Å². The maximum absolute atomic E-state index is 8.50. The molecule has 0 saturated carbocycles. The summed E-state index contributed by atoms with van der Waals surface area (Å²) in [6.07, 6.45) is 0. The summed E-state index contributed by atoms with van der Waals surface area (Å²) < 4.78 is 0. The molecule has 0 aliphatic rings. The molecule has 0 aliphatic heterocycles. The molecule has 0 saturated heterocycles. The zero-order valence-electron chi connectivity index (χ0n) is 5.70. The van der Waals surface area contributed by atoms with Gasteiger partial charge in [-0.2, -0.15) is 0 Å². The highest BCUT2D eigenvalue weighted by atomic mass is 16.5. The molecule has 0 spiro atoms. The van der Waals surface area contributed by atoms with Crippen molar-refractivity contribution in [3.05, 3.63) is 18.2 Å². The lowest BCUT2D eigenvalue weighted by Gasteiger charge is -2.05. The van der Waals surface area contributed by atoms with Crippen molar-refractivity contribution < 1.29 is 10.4 Å². The topological polar surface area (TPSA) is 90.5 Å². The average molecular weight is 155 g/mol. The number of hydrogen-bond acceptors (Lipinski definition) is 5. The lowest BCUT2D eigenvalue weighted by molar-refractivity contribution is 0.386. The quantitative estimate of drug-likeness (QED) is 0.323. The Hall–Kier alpha value is -1.46. The first kappa shape index (κ1) is 7.64. The third kappa shape index (κ3) is 1.51. The number of nitrogen functional groups attached to an aromatic ring is 1. The number of benzene rings is 1. The summed E-state index contributed by atoms with van der Waals surface area (Å²) in [5.74, 6) is 0. The largest absolute Gasteiger partial charge is 0.397 e. The molecule has 1 aromatic rings. The van der Waals surface area contributed by atoms with Gasteiger partial charge in [-0.15, -0.1) is 0 Å². The molecule has 1 rings (SSSR count). The first-order chi connectivity index (χ1) is 5.27. The van der Waals surface area contributed by atoms with Crippen LogP contribution in [0.1, 0.15) is 0 Å². The fourth-order valence-corrected chi connectivity index (χ4v) is 0.723. The van der Waals surface area contributed by atoms with E-state index in [9.17, 15) is 0 Å². The van der Waals surface area contributed by atoms with Gasteiger partial charge >= 0.3 is 0 Å². The van der Waals surface area contributed by atoms with Crippen LogP contribution < -0.4 is 16.7 Å². The molecule has 5 heteroatoms. The zero-order valence-corrected chi connectivity index (χ0v) is 5.70. The van der Waals surface area contributed by atoms with Gasteiger partial charge in [-0.1, -0.05) is 0 Å². The second-order valence-corrected chi connectivity index (χ2v) is 2.03. The fourth-order valence-electron chi connectivity index (χ4n) is 0.723. The number of anilines is 3. The molecule has 0 aliphatic carbocycles. The molecule has 6 N–H and O–H groups in total. The van der Waals surface area contributed by atoms with Gasteiger partial charge in [0, 0.05) is 0 Å². The second kappa shape index (κ2) is 3.09. The van der Waals surface area contributed by atoms with E-state index < -0.39 is 0 Å². The highest BCUT2D eigenvalue weighted by Crippen LogP contribution is 2.21. The molecule has 11 heavy (non-hydrogen) atoms. The van der Waals surface area contributed by atoms with Crippen LogP contribution in [-0.4, -0.2) is 10.4 Å². The lowest BCUT2D eigenvalue weighted by atomic mass is 10.2. The first-order valence-corrected chi connectivity index (χ1v) is 2.97. The Balaban J connectivity index is 3.02. The number of rotatable bonds is 2. The lowest BCUT2D eigenvalue weighted by Crippen LogP contribution is -1.97. The molecule has 1 aromatic carbocycles. The van der Waals surface area contributed by atoms with Gasteiger partial charge in [0.25, 0.3) is 0 Å². The van der Waals surface area contributed by atoms with Gasteiger partial charge in [0.15, 0.2) is 0 Å². The van der Waals surface area contributed by atoms with Gasteiger partial charge in [-0.25, -0.2) is 0 Å². The van der Waals surface area contributed by atoms with Crippen molar-refractivity contribution in [3.8, 4) is 0 Å². The fraction of sp³-hybridized carbons (Fsp3) is 0. The van der Waals surface area contributed by atoms with E-state index in [0.717, 1.165) is 0 Å². The maximum atomic E-state index is 8.50. The Bertz CT molecular complexity index is 252. The summed E-state index contributed by atoms with van der Waals surface area (Å²) in [5, 5.41) is 16.9. The molecule has 0 atom stereocenters. The molecule has 0 bridgehead atoms. The van der Waals surface area contributed by atoms with Crippen LogP contribution >= 0.6 is 0 Å². The van der Waals surface area contributed by atoms with Crippen LogP contribution in [0.25, 0.3) is 0 Å². The van der Waals surface area contributed by atoms with E-state index >= 15 is 0 Å². The molecular weight excluding hydrogens is 146 g/mol. The molecule has 0 radical (unpaired) electrons. The minimum atomic E-state index is 0.351. The summed E-state index contributed by atoms with van der Waals surface area (Å²) in [5.41, 5.74) is 10.5. The highest BCUT2D eigenvalue weighted by molar-refractivity contribution is 5.70. The average Bonchev–Trinajstić information content (AvgIpc) is 2.05. The first-order valence-electron chi connectivity index (χ1n) is 2.97. The van der Waals surface area contributed by atoms with Crippen LogP contribution in [0.15, 0.2) is 18.2 Å². The number of nitrogens with two attached hydrogens (primary N) is 1. The summed E-state index contributed by atoms with van der Waals surface area (Å²) in [4.78, 5) is 0. The van der Waals surface area contributed by atoms with E-state index in [1.54, 1.807) is 12.1 Å². The van der Waals surface area contributed by atoms with Crippen LogP contribution in [-0.2, 0) is 0 Å². The minimum Gasteiger partial charge on any atom is -0.397 e. The smallest absolute Gasteiger partial charge is 0.0852 e.